The van der Waals surface area contributed by atoms with Crippen LogP contribution in [0.1, 0.15) is 5.56 Å². The number of hydrogen-bond donors (Lipinski definition) is 1. The first-order valence-electron chi connectivity index (χ1n) is 8.05. The average Bonchev–Trinajstić information content (AvgIpc) is 3.02. The average molecular weight is 341 g/mol. The van der Waals surface area contributed by atoms with E-state index in [0.717, 1.165) is 28.7 Å². The first kappa shape index (κ1) is 15.4. The zero-order chi connectivity index (χ0) is 16.6. The molecule has 0 bridgehead atoms. The molecule has 0 amide bonds. The minimum Gasteiger partial charge on any atom is -0.346 e. The van der Waals surface area contributed by atoms with Gasteiger partial charge in [0, 0.05) is 43.0 Å². The Hall–Kier alpha value is -2.18. The predicted octanol–water partition coefficient (Wildman–Crippen LogP) is 2.46. The van der Waals surface area contributed by atoms with Crippen LogP contribution in [0.4, 0.5) is 0 Å². The highest BCUT2D eigenvalue weighted by atomic mass is 32.2. The second-order valence-electron chi connectivity index (χ2n) is 6.23. The summed E-state index contributed by atoms with van der Waals surface area (Å²) in [6, 6.07) is 12.5. The smallest absolute Gasteiger partial charge is 0.152 e. The van der Waals surface area contributed by atoms with Crippen molar-refractivity contribution in [3.05, 3.63) is 54.4 Å². The minimum atomic E-state index is -2.82. The number of benzene rings is 1. The van der Waals surface area contributed by atoms with Crippen molar-refractivity contribution in [1.29, 1.82) is 0 Å². The van der Waals surface area contributed by atoms with Crippen molar-refractivity contribution in [3.8, 4) is 11.1 Å². The van der Waals surface area contributed by atoms with Gasteiger partial charge in [0.15, 0.2) is 9.84 Å². The first-order valence-corrected chi connectivity index (χ1v) is 9.87. The molecule has 24 heavy (non-hydrogen) atoms. The summed E-state index contributed by atoms with van der Waals surface area (Å²) < 4.78 is 23.0. The Morgan fingerprint density at radius 2 is 1.83 bits per heavy atom. The number of H-pyrrole nitrogens is 1. The Balaban J connectivity index is 1.51. The fourth-order valence-electron chi connectivity index (χ4n) is 3.15. The van der Waals surface area contributed by atoms with E-state index in [4.69, 9.17) is 0 Å². The highest BCUT2D eigenvalue weighted by molar-refractivity contribution is 7.91. The summed E-state index contributed by atoms with van der Waals surface area (Å²) in [5.74, 6) is 0.543. The van der Waals surface area contributed by atoms with Gasteiger partial charge in [-0.1, -0.05) is 24.3 Å². The van der Waals surface area contributed by atoms with E-state index < -0.39 is 9.84 Å². The van der Waals surface area contributed by atoms with Crippen LogP contribution in [-0.2, 0) is 16.4 Å². The van der Waals surface area contributed by atoms with Gasteiger partial charge in [-0.15, -0.1) is 0 Å². The number of pyridine rings is 1. The molecule has 1 aromatic carbocycles. The monoisotopic (exact) mass is 341 g/mol. The SMILES string of the molecule is O=S1(=O)CCN(Cc2ccc(-c3c[nH]c4ncccc34)cc2)CC1. The van der Waals surface area contributed by atoms with Crippen LogP contribution in [0, 0.1) is 0 Å². The Labute approximate surface area is 141 Å². The van der Waals surface area contributed by atoms with E-state index >= 15 is 0 Å². The molecule has 4 rings (SSSR count). The van der Waals surface area contributed by atoms with Crippen LogP contribution in [0.15, 0.2) is 48.8 Å². The number of nitrogens with one attached hydrogen (secondary N) is 1. The van der Waals surface area contributed by atoms with Gasteiger partial charge in [-0.3, -0.25) is 4.90 Å². The largest absolute Gasteiger partial charge is 0.346 e. The number of rotatable bonds is 3. The van der Waals surface area contributed by atoms with Gasteiger partial charge >= 0.3 is 0 Å². The minimum absolute atomic E-state index is 0.271. The molecule has 0 atom stereocenters. The molecule has 1 fully saturated rings. The van der Waals surface area contributed by atoms with Gasteiger partial charge in [0.1, 0.15) is 5.65 Å². The van der Waals surface area contributed by atoms with Crippen molar-refractivity contribution in [1.82, 2.24) is 14.9 Å². The lowest BCUT2D eigenvalue weighted by Gasteiger charge is -2.26. The van der Waals surface area contributed by atoms with Gasteiger partial charge in [-0.05, 0) is 23.3 Å². The fourth-order valence-corrected chi connectivity index (χ4v) is 4.43. The number of nitrogens with zero attached hydrogens (tertiary/aromatic N) is 2. The van der Waals surface area contributed by atoms with E-state index in [9.17, 15) is 8.42 Å². The molecule has 3 aromatic rings. The van der Waals surface area contributed by atoms with Gasteiger partial charge in [-0.25, -0.2) is 13.4 Å². The van der Waals surface area contributed by atoms with Gasteiger partial charge in [0.2, 0.25) is 0 Å². The summed E-state index contributed by atoms with van der Waals surface area (Å²) in [7, 11) is -2.82. The summed E-state index contributed by atoms with van der Waals surface area (Å²) in [5.41, 5.74) is 4.40. The second kappa shape index (κ2) is 6.03. The van der Waals surface area contributed by atoms with E-state index in [1.54, 1.807) is 6.20 Å². The number of fused-ring (bicyclic) bond motifs is 1. The van der Waals surface area contributed by atoms with Crippen molar-refractivity contribution < 1.29 is 8.42 Å². The molecule has 5 nitrogen and oxygen atoms in total. The molecule has 1 aliphatic heterocycles. The summed E-state index contributed by atoms with van der Waals surface area (Å²) in [6.07, 6.45) is 3.77. The third kappa shape index (κ3) is 3.07. The molecule has 3 heterocycles. The van der Waals surface area contributed by atoms with Crippen LogP contribution in [0.2, 0.25) is 0 Å². The maximum atomic E-state index is 11.5. The van der Waals surface area contributed by atoms with Crippen LogP contribution in [0.25, 0.3) is 22.2 Å². The van der Waals surface area contributed by atoms with Crippen molar-refractivity contribution in [2.24, 2.45) is 0 Å². The molecule has 124 valence electrons. The lowest BCUT2D eigenvalue weighted by atomic mass is 10.0. The molecule has 0 spiro atoms. The Morgan fingerprint density at radius 3 is 2.58 bits per heavy atom. The van der Waals surface area contributed by atoms with E-state index in [1.165, 1.54) is 5.56 Å². The molecular formula is C18H19N3O2S. The molecule has 1 saturated heterocycles. The lowest BCUT2D eigenvalue weighted by molar-refractivity contribution is 0.287. The molecule has 1 N–H and O–H groups in total. The normalized spacial score (nSPS) is 18.0. The van der Waals surface area contributed by atoms with Crippen molar-refractivity contribution in [2.45, 2.75) is 6.54 Å². The van der Waals surface area contributed by atoms with Crippen LogP contribution < -0.4 is 0 Å². The Bertz CT molecular complexity index is 947. The highest BCUT2D eigenvalue weighted by Crippen LogP contribution is 2.27. The number of aromatic nitrogens is 2. The number of sulfone groups is 1. The Kier molecular flexibility index (Phi) is 3.86. The van der Waals surface area contributed by atoms with Crippen LogP contribution in [-0.4, -0.2) is 47.9 Å². The standard InChI is InChI=1S/C18H19N3O2S/c22-24(23)10-8-21(9-11-24)13-14-3-5-15(6-4-14)17-12-20-18-16(17)2-1-7-19-18/h1-7,12H,8-11,13H2,(H,19,20). The zero-order valence-corrected chi connectivity index (χ0v) is 14.1. The van der Waals surface area contributed by atoms with E-state index in [2.05, 4.69) is 45.2 Å². The van der Waals surface area contributed by atoms with Gasteiger partial charge in [0.25, 0.3) is 0 Å². The molecule has 0 radical (unpaired) electrons. The van der Waals surface area contributed by atoms with Gasteiger partial charge in [-0.2, -0.15) is 0 Å². The Morgan fingerprint density at radius 1 is 1.08 bits per heavy atom. The van der Waals surface area contributed by atoms with E-state index in [-0.39, 0.29) is 11.5 Å². The van der Waals surface area contributed by atoms with E-state index in [0.29, 0.717) is 13.1 Å². The maximum Gasteiger partial charge on any atom is 0.152 e. The summed E-state index contributed by atoms with van der Waals surface area (Å²) >= 11 is 0. The van der Waals surface area contributed by atoms with E-state index in [1.807, 2.05) is 12.3 Å². The van der Waals surface area contributed by atoms with Gasteiger partial charge < -0.3 is 4.98 Å². The number of hydrogen-bond acceptors (Lipinski definition) is 4. The quantitative estimate of drug-likeness (QED) is 0.795. The summed E-state index contributed by atoms with van der Waals surface area (Å²) in [6.45, 7) is 2.04. The van der Waals surface area contributed by atoms with Crippen LogP contribution in [0.3, 0.4) is 0 Å². The molecule has 0 aliphatic carbocycles. The number of aromatic amines is 1. The van der Waals surface area contributed by atoms with Crippen molar-refractivity contribution in [3.63, 3.8) is 0 Å². The van der Waals surface area contributed by atoms with Crippen molar-refractivity contribution >= 4 is 20.9 Å². The molecule has 2 aromatic heterocycles. The molecular weight excluding hydrogens is 322 g/mol. The maximum absolute atomic E-state index is 11.5. The second-order valence-corrected chi connectivity index (χ2v) is 8.53. The summed E-state index contributed by atoms with van der Waals surface area (Å²) in [5, 5.41) is 1.12. The first-order chi connectivity index (χ1) is 11.6. The molecule has 0 unspecified atom stereocenters. The van der Waals surface area contributed by atoms with Gasteiger partial charge in [0.05, 0.1) is 11.5 Å². The zero-order valence-electron chi connectivity index (χ0n) is 13.3. The predicted molar refractivity (Wildman–Crippen MR) is 95.5 cm³/mol. The lowest BCUT2D eigenvalue weighted by Crippen LogP contribution is -2.39. The topological polar surface area (TPSA) is 66.1 Å². The third-order valence-corrected chi connectivity index (χ3v) is 6.17. The third-order valence-electron chi connectivity index (χ3n) is 4.56. The van der Waals surface area contributed by atoms with Crippen LogP contribution in [0.5, 0.6) is 0 Å². The fraction of sp³-hybridized carbons (Fsp3) is 0.278. The summed E-state index contributed by atoms with van der Waals surface area (Å²) in [4.78, 5) is 9.72. The van der Waals surface area contributed by atoms with Crippen LogP contribution >= 0.6 is 0 Å². The molecule has 6 heteroatoms. The van der Waals surface area contributed by atoms with Crippen molar-refractivity contribution in [2.75, 3.05) is 24.6 Å². The highest BCUT2D eigenvalue weighted by Gasteiger charge is 2.21. The molecule has 0 saturated carbocycles. The molecule has 1 aliphatic rings.